The van der Waals surface area contributed by atoms with Gasteiger partial charge in [0.15, 0.2) is 11.5 Å². The van der Waals surface area contributed by atoms with Crippen LogP contribution in [0.2, 0.25) is 0 Å². The Hall–Kier alpha value is -3.88. The van der Waals surface area contributed by atoms with Crippen molar-refractivity contribution >= 4 is 23.5 Å². The lowest BCUT2D eigenvalue weighted by molar-refractivity contribution is -0.117. The first-order chi connectivity index (χ1) is 14.6. The summed E-state index contributed by atoms with van der Waals surface area (Å²) in [6, 6.07) is 14.2. The van der Waals surface area contributed by atoms with Crippen molar-refractivity contribution in [3.8, 4) is 11.5 Å². The topological polar surface area (TPSA) is 107 Å². The van der Waals surface area contributed by atoms with E-state index in [1.54, 1.807) is 23.1 Å². The second-order valence-electron chi connectivity index (χ2n) is 6.71. The van der Waals surface area contributed by atoms with Crippen LogP contribution in [0.5, 0.6) is 11.5 Å². The Balaban J connectivity index is 1.45. The molecule has 0 spiro atoms. The zero-order chi connectivity index (χ0) is 21.1. The van der Waals surface area contributed by atoms with Crippen molar-refractivity contribution in [1.29, 1.82) is 0 Å². The molecule has 0 radical (unpaired) electrons. The number of ether oxygens (including phenoxy) is 2. The van der Waals surface area contributed by atoms with Crippen LogP contribution >= 0.6 is 0 Å². The Morgan fingerprint density at radius 1 is 1.10 bits per heavy atom. The molecule has 2 aromatic carbocycles. The SMILES string of the molecule is COc1ccc(C(=O)Nc2nnc([C@H]3CC(=O)N(c4ccccc4)C3)o2)cc1OC. The van der Waals surface area contributed by atoms with Crippen LogP contribution in [0, 0.1) is 0 Å². The van der Waals surface area contributed by atoms with Crippen molar-refractivity contribution in [2.45, 2.75) is 12.3 Å². The minimum absolute atomic E-state index is 0.0136. The molecule has 2 heterocycles. The Morgan fingerprint density at radius 2 is 1.87 bits per heavy atom. The summed E-state index contributed by atoms with van der Waals surface area (Å²) >= 11 is 0. The third-order valence-electron chi connectivity index (χ3n) is 4.85. The first-order valence-electron chi connectivity index (χ1n) is 9.31. The Bertz CT molecular complexity index is 1070. The van der Waals surface area contributed by atoms with Crippen LogP contribution in [0.1, 0.15) is 28.6 Å². The fraction of sp³-hybridized carbons (Fsp3) is 0.238. The van der Waals surface area contributed by atoms with E-state index in [-0.39, 0.29) is 24.3 Å². The highest BCUT2D eigenvalue weighted by atomic mass is 16.5. The van der Waals surface area contributed by atoms with Gasteiger partial charge >= 0.3 is 6.01 Å². The first-order valence-corrected chi connectivity index (χ1v) is 9.31. The number of methoxy groups -OCH3 is 2. The summed E-state index contributed by atoms with van der Waals surface area (Å²) in [5.41, 5.74) is 1.17. The molecule has 1 saturated heterocycles. The van der Waals surface area contributed by atoms with E-state index in [4.69, 9.17) is 13.9 Å². The highest BCUT2D eigenvalue weighted by molar-refractivity contribution is 6.03. The fourth-order valence-corrected chi connectivity index (χ4v) is 3.33. The Kier molecular flexibility index (Phi) is 5.34. The fourth-order valence-electron chi connectivity index (χ4n) is 3.33. The molecule has 4 rings (SSSR count). The lowest BCUT2D eigenvalue weighted by Gasteiger charge is -2.15. The highest BCUT2D eigenvalue weighted by Crippen LogP contribution is 2.32. The normalized spacial score (nSPS) is 15.9. The molecule has 0 unspecified atom stereocenters. The molecular formula is C21H20N4O5. The predicted octanol–water partition coefficient (Wildman–Crippen LogP) is 2.86. The number of carbonyl (C=O) groups excluding carboxylic acids is 2. The molecule has 0 saturated carbocycles. The minimum Gasteiger partial charge on any atom is -0.493 e. The van der Waals surface area contributed by atoms with E-state index < -0.39 is 5.91 Å². The number of para-hydroxylation sites is 1. The number of nitrogens with zero attached hydrogens (tertiary/aromatic N) is 3. The molecule has 3 aromatic rings. The molecule has 1 aliphatic rings. The second kappa shape index (κ2) is 8.24. The lowest BCUT2D eigenvalue weighted by atomic mass is 10.1. The monoisotopic (exact) mass is 408 g/mol. The number of hydrogen-bond donors (Lipinski definition) is 1. The van der Waals surface area contributed by atoms with Gasteiger partial charge in [0.1, 0.15) is 0 Å². The maximum atomic E-state index is 12.5. The van der Waals surface area contributed by atoms with Crippen molar-refractivity contribution in [1.82, 2.24) is 10.2 Å². The van der Waals surface area contributed by atoms with E-state index in [9.17, 15) is 9.59 Å². The summed E-state index contributed by atoms with van der Waals surface area (Å²) in [7, 11) is 3.01. The molecule has 2 amide bonds. The van der Waals surface area contributed by atoms with E-state index >= 15 is 0 Å². The van der Waals surface area contributed by atoms with Gasteiger partial charge in [0, 0.05) is 24.2 Å². The van der Waals surface area contributed by atoms with E-state index in [2.05, 4.69) is 15.5 Å². The molecular weight excluding hydrogens is 388 g/mol. The standard InChI is InChI=1S/C21H20N4O5/c1-28-16-9-8-13(10-17(16)29-2)19(27)22-21-24-23-20(30-21)14-11-18(26)25(12-14)15-6-4-3-5-7-15/h3-10,14H,11-12H2,1-2H3,(H,22,24,27)/t14-/m0/s1. The zero-order valence-corrected chi connectivity index (χ0v) is 16.5. The van der Waals surface area contributed by atoms with Crippen LogP contribution in [0.3, 0.4) is 0 Å². The van der Waals surface area contributed by atoms with E-state index in [0.29, 0.717) is 29.5 Å². The molecule has 0 bridgehead atoms. The van der Waals surface area contributed by atoms with Crippen molar-refractivity contribution in [2.75, 3.05) is 31.0 Å². The number of rotatable bonds is 6. The van der Waals surface area contributed by atoms with Crippen LogP contribution in [0.4, 0.5) is 11.7 Å². The van der Waals surface area contributed by atoms with Gasteiger partial charge in [-0.15, -0.1) is 5.10 Å². The number of carbonyl (C=O) groups is 2. The maximum absolute atomic E-state index is 12.5. The van der Waals surface area contributed by atoms with Gasteiger partial charge < -0.3 is 18.8 Å². The number of aromatic nitrogens is 2. The van der Waals surface area contributed by atoms with Gasteiger partial charge in [-0.05, 0) is 30.3 Å². The van der Waals surface area contributed by atoms with Gasteiger partial charge in [-0.25, -0.2) is 0 Å². The van der Waals surface area contributed by atoms with Gasteiger partial charge in [-0.2, -0.15) is 0 Å². The Morgan fingerprint density at radius 3 is 2.60 bits per heavy atom. The van der Waals surface area contributed by atoms with Crippen LogP contribution in [0.15, 0.2) is 52.9 Å². The summed E-state index contributed by atoms with van der Waals surface area (Å²) < 4.78 is 16.0. The molecule has 9 nitrogen and oxygen atoms in total. The van der Waals surface area contributed by atoms with Crippen molar-refractivity contribution in [3.05, 3.63) is 60.0 Å². The third-order valence-corrected chi connectivity index (χ3v) is 4.85. The average Bonchev–Trinajstić information content (AvgIpc) is 3.40. The molecule has 1 aliphatic heterocycles. The summed E-state index contributed by atoms with van der Waals surface area (Å²) in [4.78, 5) is 26.6. The van der Waals surface area contributed by atoms with E-state index in [1.165, 1.54) is 14.2 Å². The minimum atomic E-state index is -0.431. The largest absolute Gasteiger partial charge is 0.493 e. The number of amides is 2. The first kappa shape index (κ1) is 19.4. The number of nitrogens with one attached hydrogen (secondary N) is 1. The quantitative estimate of drug-likeness (QED) is 0.668. The second-order valence-corrected chi connectivity index (χ2v) is 6.71. The predicted molar refractivity (Wildman–Crippen MR) is 108 cm³/mol. The van der Waals surface area contributed by atoms with Crippen LogP contribution < -0.4 is 19.7 Å². The highest BCUT2D eigenvalue weighted by Gasteiger charge is 2.35. The molecule has 154 valence electrons. The van der Waals surface area contributed by atoms with E-state index in [0.717, 1.165) is 5.69 Å². The smallest absolute Gasteiger partial charge is 0.322 e. The maximum Gasteiger partial charge on any atom is 0.322 e. The molecule has 0 aliphatic carbocycles. The zero-order valence-electron chi connectivity index (χ0n) is 16.5. The van der Waals surface area contributed by atoms with Crippen LogP contribution in [0.25, 0.3) is 0 Å². The summed E-state index contributed by atoms with van der Waals surface area (Å²) in [6.07, 6.45) is 0.264. The van der Waals surface area contributed by atoms with Gasteiger partial charge in [0.25, 0.3) is 5.91 Å². The number of benzene rings is 2. The Labute approximate surface area is 172 Å². The summed E-state index contributed by atoms with van der Waals surface area (Å²) in [5.74, 6) is 0.575. The average molecular weight is 408 g/mol. The summed E-state index contributed by atoms with van der Waals surface area (Å²) in [5, 5.41) is 10.5. The van der Waals surface area contributed by atoms with Crippen molar-refractivity contribution < 1.29 is 23.5 Å². The molecule has 1 atom stereocenters. The van der Waals surface area contributed by atoms with Crippen LogP contribution in [-0.2, 0) is 4.79 Å². The lowest BCUT2D eigenvalue weighted by Crippen LogP contribution is -2.24. The van der Waals surface area contributed by atoms with Gasteiger partial charge in [-0.1, -0.05) is 23.3 Å². The van der Waals surface area contributed by atoms with Crippen molar-refractivity contribution in [3.63, 3.8) is 0 Å². The van der Waals surface area contributed by atoms with Crippen LogP contribution in [-0.4, -0.2) is 42.8 Å². The van der Waals surface area contributed by atoms with Gasteiger partial charge in [0.2, 0.25) is 11.8 Å². The van der Waals surface area contributed by atoms with E-state index in [1.807, 2.05) is 30.3 Å². The number of anilines is 2. The third kappa shape index (κ3) is 3.82. The molecule has 1 aromatic heterocycles. The molecule has 30 heavy (non-hydrogen) atoms. The molecule has 1 N–H and O–H groups in total. The van der Waals surface area contributed by atoms with Crippen molar-refractivity contribution in [2.24, 2.45) is 0 Å². The van der Waals surface area contributed by atoms with Gasteiger partial charge in [0.05, 0.1) is 20.1 Å². The number of hydrogen-bond acceptors (Lipinski definition) is 7. The molecule has 9 heteroatoms. The van der Waals surface area contributed by atoms with Gasteiger partial charge in [-0.3, -0.25) is 14.9 Å². The summed E-state index contributed by atoms with van der Waals surface area (Å²) in [6.45, 7) is 0.439. The molecule has 1 fully saturated rings.